The maximum absolute atomic E-state index is 9.65. The van der Waals surface area contributed by atoms with Gasteiger partial charge in [-0.3, -0.25) is 0 Å². The molecule has 1 aliphatic carbocycles. The van der Waals surface area contributed by atoms with Crippen LogP contribution in [0.4, 0.5) is 0 Å². The van der Waals surface area contributed by atoms with E-state index in [0.717, 1.165) is 5.56 Å². The molecule has 0 fully saturated rings. The van der Waals surface area contributed by atoms with E-state index in [1.54, 1.807) is 0 Å². The molecule has 0 saturated carbocycles. The van der Waals surface area contributed by atoms with Gasteiger partial charge in [-0.05, 0) is 42.4 Å². The second-order valence-corrected chi connectivity index (χ2v) is 4.30. The Hall–Kier alpha value is -0.470. The van der Waals surface area contributed by atoms with E-state index in [4.69, 9.17) is 0 Å². The highest BCUT2D eigenvalue weighted by Gasteiger charge is 2.12. The summed E-state index contributed by atoms with van der Waals surface area (Å²) in [5, 5.41) is 9.65. The minimum Gasteiger partial charge on any atom is -0.388 e. The summed E-state index contributed by atoms with van der Waals surface area (Å²) < 4.78 is 0. The van der Waals surface area contributed by atoms with Crippen molar-refractivity contribution in [2.45, 2.75) is 31.8 Å². The van der Waals surface area contributed by atoms with Crippen LogP contribution >= 0.6 is 12.6 Å². The zero-order chi connectivity index (χ0) is 9.97. The highest BCUT2D eigenvalue weighted by atomic mass is 32.1. The molecule has 0 aliphatic heterocycles. The Morgan fingerprint density at radius 2 is 1.93 bits per heavy atom. The van der Waals surface area contributed by atoms with Crippen molar-refractivity contribution in [2.24, 2.45) is 0 Å². The monoisotopic (exact) mass is 208 g/mol. The van der Waals surface area contributed by atoms with E-state index in [1.807, 2.05) is 6.07 Å². The van der Waals surface area contributed by atoms with Gasteiger partial charge in [0.15, 0.2) is 0 Å². The molecule has 0 heterocycles. The largest absolute Gasteiger partial charge is 0.388 e. The third-order valence-corrected chi connectivity index (χ3v) is 3.28. The van der Waals surface area contributed by atoms with Crippen LogP contribution in [0.15, 0.2) is 18.2 Å². The third-order valence-electron chi connectivity index (χ3n) is 2.93. The molecule has 0 saturated heterocycles. The SMILES string of the molecule is OC(CS)c1ccc2c(c1)CCCC2. The Morgan fingerprint density at radius 3 is 2.64 bits per heavy atom. The fourth-order valence-electron chi connectivity index (χ4n) is 2.07. The highest BCUT2D eigenvalue weighted by Crippen LogP contribution is 2.25. The maximum Gasteiger partial charge on any atom is 0.0878 e. The van der Waals surface area contributed by atoms with Crippen molar-refractivity contribution in [3.05, 3.63) is 34.9 Å². The van der Waals surface area contributed by atoms with Gasteiger partial charge < -0.3 is 5.11 Å². The van der Waals surface area contributed by atoms with Gasteiger partial charge in [-0.1, -0.05) is 18.2 Å². The van der Waals surface area contributed by atoms with Gasteiger partial charge in [-0.15, -0.1) is 0 Å². The van der Waals surface area contributed by atoms with E-state index in [-0.39, 0.29) is 0 Å². The number of benzene rings is 1. The van der Waals surface area contributed by atoms with Crippen molar-refractivity contribution >= 4 is 12.6 Å². The molecule has 0 bridgehead atoms. The first-order valence-corrected chi connectivity index (χ1v) is 5.85. The lowest BCUT2D eigenvalue weighted by atomic mass is 9.90. The minimum absolute atomic E-state index is 0.412. The van der Waals surface area contributed by atoms with E-state index >= 15 is 0 Å². The number of aliphatic hydroxyl groups is 1. The Balaban J connectivity index is 2.29. The Morgan fingerprint density at radius 1 is 1.21 bits per heavy atom. The molecule has 1 aromatic rings. The van der Waals surface area contributed by atoms with Gasteiger partial charge in [0.2, 0.25) is 0 Å². The van der Waals surface area contributed by atoms with Crippen molar-refractivity contribution in [3.8, 4) is 0 Å². The molecule has 2 rings (SSSR count). The molecule has 76 valence electrons. The minimum atomic E-state index is -0.412. The molecule has 0 radical (unpaired) electrons. The van der Waals surface area contributed by atoms with Crippen LogP contribution in [0.2, 0.25) is 0 Å². The van der Waals surface area contributed by atoms with Gasteiger partial charge >= 0.3 is 0 Å². The Bertz CT molecular complexity index is 322. The summed E-state index contributed by atoms with van der Waals surface area (Å²) in [6.07, 6.45) is 4.55. The summed E-state index contributed by atoms with van der Waals surface area (Å²) in [4.78, 5) is 0. The Labute approximate surface area is 90.6 Å². The second kappa shape index (κ2) is 4.37. The molecule has 1 aromatic carbocycles. The number of hydrogen-bond acceptors (Lipinski definition) is 2. The molecule has 2 heteroatoms. The zero-order valence-corrected chi connectivity index (χ0v) is 9.13. The van der Waals surface area contributed by atoms with E-state index in [1.165, 1.54) is 36.8 Å². The normalized spacial score (nSPS) is 17.6. The predicted molar refractivity (Wildman–Crippen MR) is 61.9 cm³/mol. The van der Waals surface area contributed by atoms with E-state index in [2.05, 4.69) is 24.8 Å². The molecular weight excluding hydrogens is 192 g/mol. The van der Waals surface area contributed by atoms with Crippen LogP contribution in [-0.2, 0) is 12.8 Å². The topological polar surface area (TPSA) is 20.2 Å². The molecule has 0 amide bonds. The first-order chi connectivity index (χ1) is 6.81. The summed E-state index contributed by atoms with van der Waals surface area (Å²) in [6, 6.07) is 6.34. The van der Waals surface area contributed by atoms with Crippen molar-refractivity contribution < 1.29 is 5.11 Å². The van der Waals surface area contributed by atoms with Crippen LogP contribution in [-0.4, -0.2) is 10.9 Å². The fraction of sp³-hybridized carbons (Fsp3) is 0.500. The van der Waals surface area contributed by atoms with Crippen LogP contribution in [0.5, 0.6) is 0 Å². The summed E-state index contributed by atoms with van der Waals surface area (Å²) in [6.45, 7) is 0. The molecule has 0 aromatic heterocycles. The average molecular weight is 208 g/mol. The van der Waals surface area contributed by atoms with Gasteiger partial charge in [-0.2, -0.15) is 12.6 Å². The lowest BCUT2D eigenvalue weighted by molar-refractivity contribution is 0.204. The lowest BCUT2D eigenvalue weighted by Crippen LogP contribution is -2.05. The Kier molecular flexibility index (Phi) is 3.14. The second-order valence-electron chi connectivity index (χ2n) is 3.93. The van der Waals surface area contributed by atoms with Crippen molar-refractivity contribution in [3.63, 3.8) is 0 Å². The predicted octanol–water partition coefficient (Wildman–Crippen LogP) is 2.53. The van der Waals surface area contributed by atoms with Crippen LogP contribution in [0.25, 0.3) is 0 Å². The molecule has 1 nitrogen and oxygen atoms in total. The van der Waals surface area contributed by atoms with Crippen molar-refractivity contribution in [2.75, 3.05) is 5.75 Å². The van der Waals surface area contributed by atoms with Gasteiger partial charge in [0, 0.05) is 5.75 Å². The first-order valence-electron chi connectivity index (χ1n) is 5.22. The maximum atomic E-state index is 9.65. The van der Waals surface area contributed by atoms with Gasteiger partial charge in [0.05, 0.1) is 6.10 Å². The molecule has 1 N–H and O–H groups in total. The number of fused-ring (bicyclic) bond motifs is 1. The van der Waals surface area contributed by atoms with Crippen LogP contribution in [0.1, 0.15) is 35.6 Å². The first kappa shape index (κ1) is 10.1. The van der Waals surface area contributed by atoms with Crippen LogP contribution in [0, 0.1) is 0 Å². The molecule has 0 spiro atoms. The summed E-state index contributed by atoms with van der Waals surface area (Å²) in [5.74, 6) is 0.499. The number of rotatable bonds is 2. The number of thiol groups is 1. The summed E-state index contributed by atoms with van der Waals surface area (Å²) in [5.41, 5.74) is 3.90. The van der Waals surface area contributed by atoms with E-state index in [0.29, 0.717) is 5.75 Å². The van der Waals surface area contributed by atoms with Crippen molar-refractivity contribution in [1.82, 2.24) is 0 Å². The van der Waals surface area contributed by atoms with E-state index in [9.17, 15) is 5.11 Å². The number of aliphatic hydroxyl groups excluding tert-OH is 1. The molecular formula is C12H16OS. The smallest absolute Gasteiger partial charge is 0.0878 e. The third kappa shape index (κ3) is 1.96. The molecule has 1 unspecified atom stereocenters. The zero-order valence-electron chi connectivity index (χ0n) is 8.24. The number of aryl methyl sites for hydroxylation is 2. The van der Waals surface area contributed by atoms with E-state index < -0.39 is 6.10 Å². The quantitative estimate of drug-likeness (QED) is 0.716. The van der Waals surface area contributed by atoms with Gasteiger partial charge in [0.25, 0.3) is 0 Å². The molecule has 14 heavy (non-hydrogen) atoms. The van der Waals surface area contributed by atoms with Crippen LogP contribution in [0.3, 0.4) is 0 Å². The fourth-order valence-corrected chi connectivity index (χ4v) is 2.28. The molecule has 1 aliphatic rings. The molecule has 1 atom stereocenters. The standard InChI is InChI=1S/C12H16OS/c13-12(8-14)11-6-5-9-3-1-2-4-10(9)7-11/h5-7,12-14H,1-4,8H2. The summed E-state index contributed by atoms with van der Waals surface area (Å²) >= 11 is 4.10. The number of hydrogen-bond donors (Lipinski definition) is 2. The lowest BCUT2D eigenvalue weighted by Gasteiger charge is -2.17. The van der Waals surface area contributed by atoms with Crippen LogP contribution < -0.4 is 0 Å². The van der Waals surface area contributed by atoms with Gasteiger partial charge in [-0.25, -0.2) is 0 Å². The summed E-state index contributed by atoms with van der Waals surface area (Å²) in [7, 11) is 0. The average Bonchev–Trinajstić information content (AvgIpc) is 2.27. The van der Waals surface area contributed by atoms with Crippen molar-refractivity contribution in [1.29, 1.82) is 0 Å². The van der Waals surface area contributed by atoms with Gasteiger partial charge in [0.1, 0.15) is 0 Å². The highest BCUT2D eigenvalue weighted by molar-refractivity contribution is 7.80.